The summed E-state index contributed by atoms with van der Waals surface area (Å²) in [6.07, 6.45) is 0.790. The molecule has 0 saturated carbocycles. The predicted octanol–water partition coefficient (Wildman–Crippen LogP) is 1.77. The molecule has 0 heterocycles. The van der Waals surface area contributed by atoms with Crippen molar-refractivity contribution in [1.29, 1.82) is 0 Å². The Morgan fingerprint density at radius 2 is 1.77 bits per heavy atom. The molecule has 2 aromatic carbocycles. The van der Waals surface area contributed by atoms with Crippen molar-refractivity contribution in [3.63, 3.8) is 0 Å². The third-order valence-electron chi connectivity index (χ3n) is 3.07. The Morgan fingerprint density at radius 3 is 2.36 bits per heavy atom. The van der Waals surface area contributed by atoms with Crippen molar-refractivity contribution < 1.29 is 14.3 Å². The Bertz CT molecular complexity index is 621. The SMILES string of the molecule is NCCNC(=O)c1ccc(COc2ccc(C=O)cc2)cc1. The van der Waals surface area contributed by atoms with Crippen LogP contribution in [0, 0.1) is 0 Å². The number of benzene rings is 2. The van der Waals surface area contributed by atoms with Gasteiger partial charge in [-0.25, -0.2) is 0 Å². The molecule has 0 aliphatic heterocycles. The topological polar surface area (TPSA) is 81.4 Å². The summed E-state index contributed by atoms with van der Waals surface area (Å²) in [7, 11) is 0. The van der Waals surface area contributed by atoms with Gasteiger partial charge in [0.25, 0.3) is 5.91 Å². The number of amides is 1. The van der Waals surface area contributed by atoms with E-state index < -0.39 is 0 Å². The van der Waals surface area contributed by atoms with E-state index in [1.54, 1.807) is 36.4 Å². The van der Waals surface area contributed by atoms with Gasteiger partial charge in [0, 0.05) is 24.2 Å². The lowest BCUT2D eigenvalue weighted by atomic mass is 10.1. The van der Waals surface area contributed by atoms with Crippen LogP contribution in [-0.4, -0.2) is 25.3 Å². The molecule has 0 fully saturated rings. The average Bonchev–Trinajstić information content (AvgIpc) is 2.58. The maximum Gasteiger partial charge on any atom is 0.251 e. The third-order valence-corrected chi connectivity index (χ3v) is 3.07. The lowest BCUT2D eigenvalue weighted by Gasteiger charge is -2.08. The lowest BCUT2D eigenvalue weighted by Crippen LogP contribution is -2.28. The zero-order valence-corrected chi connectivity index (χ0v) is 12.1. The lowest BCUT2D eigenvalue weighted by molar-refractivity contribution is 0.0954. The molecule has 0 aliphatic carbocycles. The standard InChI is InChI=1S/C17H18N2O3/c18-9-10-19-17(21)15-5-1-14(2-6-15)12-22-16-7-3-13(11-20)4-8-16/h1-8,11H,9-10,12,18H2,(H,19,21). The number of hydrogen-bond donors (Lipinski definition) is 2. The second-order valence-corrected chi connectivity index (χ2v) is 4.72. The van der Waals surface area contributed by atoms with Crippen LogP contribution >= 0.6 is 0 Å². The molecule has 0 aliphatic rings. The van der Waals surface area contributed by atoms with Gasteiger partial charge in [-0.3, -0.25) is 9.59 Å². The van der Waals surface area contributed by atoms with Gasteiger partial charge in [0.15, 0.2) is 0 Å². The number of nitrogens with one attached hydrogen (secondary N) is 1. The second-order valence-electron chi connectivity index (χ2n) is 4.72. The number of rotatable bonds is 7. The molecule has 2 rings (SSSR count). The van der Waals surface area contributed by atoms with Crippen LogP contribution in [0.3, 0.4) is 0 Å². The Morgan fingerprint density at radius 1 is 1.09 bits per heavy atom. The summed E-state index contributed by atoms with van der Waals surface area (Å²) >= 11 is 0. The summed E-state index contributed by atoms with van der Waals surface area (Å²) in [6.45, 7) is 1.27. The largest absolute Gasteiger partial charge is 0.489 e. The van der Waals surface area contributed by atoms with Crippen molar-refractivity contribution in [2.45, 2.75) is 6.61 Å². The van der Waals surface area contributed by atoms with Crippen molar-refractivity contribution in [1.82, 2.24) is 5.32 Å². The van der Waals surface area contributed by atoms with Gasteiger partial charge in [-0.2, -0.15) is 0 Å². The molecule has 22 heavy (non-hydrogen) atoms. The van der Waals surface area contributed by atoms with Gasteiger partial charge in [0.1, 0.15) is 18.6 Å². The molecule has 0 spiro atoms. The minimum absolute atomic E-state index is 0.137. The fourth-order valence-corrected chi connectivity index (χ4v) is 1.85. The van der Waals surface area contributed by atoms with Gasteiger partial charge in [0.05, 0.1) is 0 Å². The first-order valence-corrected chi connectivity index (χ1v) is 6.98. The molecule has 0 aromatic heterocycles. The van der Waals surface area contributed by atoms with Crippen LogP contribution in [-0.2, 0) is 6.61 Å². The summed E-state index contributed by atoms with van der Waals surface area (Å²) in [6, 6.07) is 14.1. The monoisotopic (exact) mass is 298 g/mol. The third kappa shape index (κ3) is 4.43. The van der Waals surface area contributed by atoms with Crippen LogP contribution in [0.2, 0.25) is 0 Å². The summed E-state index contributed by atoms with van der Waals surface area (Å²) in [5, 5.41) is 2.71. The van der Waals surface area contributed by atoms with Crippen molar-refractivity contribution in [2.24, 2.45) is 5.73 Å². The number of ether oxygens (including phenoxy) is 1. The molecular weight excluding hydrogens is 280 g/mol. The van der Waals surface area contributed by atoms with Gasteiger partial charge < -0.3 is 15.8 Å². The quantitative estimate of drug-likeness (QED) is 0.763. The number of aldehydes is 1. The summed E-state index contributed by atoms with van der Waals surface area (Å²) in [5.41, 5.74) is 7.50. The normalized spacial score (nSPS) is 10.0. The minimum Gasteiger partial charge on any atom is -0.489 e. The van der Waals surface area contributed by atoms with Gasteiger partial charge >= 0.3 is 0 Å². The van der Waals surface area contributed by atoms with Crippen molar-refractivity contribution in [3.8, 4) is 5.75 Å². The number of carbonyl (C=O) groups excluding carboxylic acids is 2. The fraction of sp³-hybridized carbons (Fsp3) is 0.176. The zero-order valence-electron chi connectivity index (χ0n) is 12.1. The van der Waals surface area contributed by atoms with Crippen molar-refractivity contribution in [2.75, 3.05) is 13.1 Å². The highest BCUT2D eigenvalue weighted by molar-refractivity contribution is 5.94. The minimum atomic E-state index is -0.137. The van der Waals surface area contributed by atoms with Crippen LogP contribution < -0.4 is 15.8 Å². The highest BCUT2D eigenvalue weighted by Gasteiger charge is 2.04. The van der Waals surface area contributed by atoms with E-state index in [-0.39, 0.29) is 5.91 Å². The van der Waals surface area contributed by atoms with Crippen LogP contribution in [0.5, 0.6) is 5.75 Å². The van der Waals surface area contributed by atoms with Crippen LogP contribution in [0.1, 0.15) is 26.3 Å². The Balaban J connectivity index is 1.90. The van der Waals surface area contributed by atoms with Gasteiger partial charge in [-0.1, -0.05) is 12.1 Å². The van der Waals surface area contributed by atoms with Crippen LogP contribution in [0.25, 0.3) is 0 Å². The van der Waals surface area contributed by atoms with E-state index in [1.807, 2.05) is 12.1 Å². The Labute approximate surface area is 129 Å². The molecule has 5 heteroatoms. The van der Waals surface area contributed by atoms with Gasteiger partial charge in [-0.05, 0) is 42.0 Å². The highest BCUT2D eigenvalue weighted by Crippen LogP contribution is 2.14. The number of carbonyl (C=O) groups is 2. The van der Waals surface area contributed by atoms with E-state index in [0.717, 1.165) is 11.8 Å². The Hall–Kier alpha value is -2.66. The van der Waals surface area contributed by atoms with Crippen LogP contribution in [0.15, 0.2) is 48.5 Å². The van der Waals surface area contributed by atoms with Crippen molar-refractivity contribution >= 4 is 12.2 Å². The molecule has 114 valence electrons. The first kappa shape index (κ1) is 15.7. The summed E-state index contributed by atoms with van der Waals surface area (Å²) in [5.74, 6) is 0.553. The molecular formula is C17H18N2O3. The van der Waals surface area contributed by atoms with E-state index in [4.69, 9.17) is 10.5 Å². The number of nitrogens with two attached hydrogens (primary N) is 1. The molecule has 0 saturated heterocycles. The second kappa shape index (κ2) is 7.95. The maximum absolute atomic E-state index is 11.7. The highest BCUT2D eigenvalue weighted by atomic mass is 16.5. The fourth-order valence-electron chi connectivity index (χ4n) is 1.85. The molecule has 3 N–H and O–H groups in total. The molecule has 0 unspecified atom stereocenters. The van der Waals surface area contributed by atoms with E-state index >= 15 is 0 Å². The summed E-state index contributed by atoms with van der Waals surface area (Å²) < 4.78 is 5.62. The van der Waals surface area contributed by atoms with Crippen LogP contribution in [0.4, 0.5) is 0 Å². The molecule has 0 bridgehead atoms. The number of hydrogen-bond acceptors (Lipinski definition) is 4. The molecule has 0 radical (unpaired) electrons. The molecule has 1 amide bonds. The maximum atomic E-state index is 11.7. The molecule has 2 aromatic rings. The smallest absolute Gasteiger partial charge is 0.251 e. The first-order chi connectivity index (χ1) is 10.7. The van der Waals surface area contributed by atoms with Gasteiger partial charge in [-0.15, -0.1) is 0 Å². The average molecular weight is 298 g/mol. The molecule has 0 atom stereocenters. The van der Waals surface area contributed by atoms with E-state index in [9.17, 15) is 9.59 Å². The summed E-state index contributed by atoms with van der Waals surface area (Å²) in [4.78, 5) is 22.3. The van der Waals surface area contributed by atoms with E-state index in [2.05, 4.69) is 5.32 Å². The Kier molecular flexibility index (Phi) is 5.68. The molecule has 5 nitrogen and oxygen atoms in total. The first-order valence-electron chi connectivity index (χ1n) is 6.98. The van der Waals surface area contributed by atoms with E-state index in [1.165, 1.54) is 0 Å². The van der Waals surface area contributed by atoms with Crippen molar-refractivity contribution in [3.05, 3.63) is 65.2 Å². The zero-order chi connectivity index (χ0) is 15.8. The van der Waals surface area contributed by atoms with E-state index in [0.29, 0.717) is 36.6 Å². The predicted molar refractivity (Wildman–Crippen MR) is 84.0 cm³/mol. The van der Waals surface area contributed by atoms with Gasteiger partial charge in [0.2, 0.25) is 0 Å².